The molecule has 0 unspecified atom stereocenters. The largest absolute Gasteiger partial charge is 0.364 e. The highest BCUT2D eigenvalue weighted by Crippen LogP contribution is 2.26. The van der Waals surface area contributed by atoms with Crippen LogP contribution in [-0.2, 0) is 23.6 Å². The minimum Gasteiger partial charge on any atom is -0.364 e. The van der Waals surface area contributed by atoms with Gasteiger partial charge < -0.3 is 15.3 Å². The molecule has 1 aliphatic rings. The second-order valence-corrected chi connectivity index (χ2v) is 10.8. The van der Waals surface area contributed by atoms with Gasteiger partial charge in [0.15, 0.2) is 0 Å². The molecule has 0 radical (unpaired) electrons. The van der Waals surface area contributed by atoms with Crippen molar-refractivity contribution in [3.05, 3.63) is 44.6 Å². The summed E-state index contributed by atoms with van der Waals surface area (Å²) in [6.45, 7) is 5.92. The van der Waals surface area contributed by atoms with E-state index in [0.29, 0.717) is 43.9 Å². The van der Waals surface area contributed by atoms with E-state index in [2.05, 4.69) is 14.9 Å². The van der Waals surface area contributed by atoms with E-state index in [1.165, 1.54) is 32.5 Å². The first-order chi connectivity index (χ1) is 14.6. The Hall–Kier alpha value is -2.54. The lowest BCUT2D eigenvalue weighted by Crippen LogP contribution is -2.48. The number of fused-ring (bicyclic) bond motifs is 1. The number of primary amides is 1. The maximum atomic E-state index is 12.9. The fourth-order valence-electron chi connectivity index (χ4n) is 3.78. The lowest BCUT2D eigenvalue weighted by Gasteiger charge is -2.33. The summed E-state index contributed by atoms with van der Waals surface area (Å²) in [5.41, 5.74) is 6.25. The molecule has 3 aromatic heterocycles. The number of hydrogen-bond acceptors (Lipinski definition) is 7. The Labute approximate surface area is 183 Å². The van der Waals surface area contributed by atoms with Gasteiger partial charge in [0.25, 0.3) is 11.5 Å². The van der Waals surface area contributed by atoms with Crippen LogP contribution in [0.3, 0.4) is 0 Å². The fourth-order valence-corrected chi connectivity index (χ4v) is 6.33. The number of nitrogens with zero attached hydrogens (tertiary/aromatic N) is 4. The fraction of sp³-hybridized carbons (Fsp3) is 0.421. The predicted molar refractivity (Wildman–Crippen MR) is 118 cm³/mol. The van der Waals surface area contributed by atoms with Crippen LogP contribution in [0.4, 0.5) is 0 Å². The highest BCUT2D eigenvalue weighted by atomic mass is 32.2. The SMILES string of the molecule is Cc1sc2nc(CN3CCN(S(=O)(=O)c4cc(C(N)=O)n(C)c4)CC3)[nH]c(=O)c2c1C. The molecule has 4 rings (SSSR count). The van der Waals surface area contributed by atoms with Crippen LogP contribution in [0, 0.1) is 13.8 Å². The van der Waals surface area contributed by atoms with Crippen molar-refractivity contribution in [1.82, 2.24) is 23.7 Å². The van der Waals surface area contributed by atoms with Crippen LogP contribution in [0.2, 0.25) is 0 Å². The summed E-state index contributed by atoms with van der Waals surface area (Å²) in [6, 6.07) is 1.30. The Morgan fingerprint density at radius 1 is 1.26 bits per heavy atom. The van der Waals surface area contributed by atoms with E-state index in [1.54, 1.807) is 7.05 Å². The number of nitrogens with two attached hydrogens (primary N) is 1. The van der Waals surface area contributed by atoms with Gasteiger partial charge in [-0.1, -0.05) is 0 Å². The van der Waals surface area contributed by atoms with Gasteiger partial charge in [0.2, 0.25) is 10.0 Å². The minimum absolute atomic E-state index is 0.0529. The lowest BCUT2D eigenvalue weighted by molar-refractivity contribution is 0.0992. The van der Waals surface area contributed by atoms with Crippen molar-refractivity contribution in [3.8, 4) is 0 Å². The summed E-state index contributed by atoms with van der Waals surface area (Å²) in [5, 5.41) is 0.639. The number of carbonyl (C=O) groups is 1. The van der Waals surface area contributed by atoms with Crippen LogP contribution in [0.25, 0.3) is 10.2 Å². The minimum atomic E-state index is -3.72. The maximum absolute atomic E-state index is 12.9. The first kappa shape index (κ1) is 21.7. The van der Waals surface area contributed by atoms with Gasteiger partial charge in [-0.15, -0.1) is 11.3 Å². The van der Waals surface area contributed by atoms with E-state index in [1.807, 2.05) is 13.8 Å². The standard InChI is InChI=1S/C19H24N6O4S2/c1-11-12(2)30-19-16(11)18(27)21-15(22-19)10-24-4-6-25(7-5-24)31(28,29)13-8-14(17(20)26)23(3)9-13/h8-9H,4-7,10H2,1-3H3,(H2,20,26)(H,21,22,27). The molecule has 0 aromatic carbocycles. The van der Waals surface area contributed by atoms with Gasteiger partial charge in [-0.05, 0) is 25.5 Å². The van der Waals surface area contributed by atoms with Crippen LogP contribution in [0.15, 0.2) is 22.0 Å². The van der Waals surface area contributed by atoms with Crippen molar-refractivity contribution in [2.75, 3.05) is 26.2 Å². The molecule has 0 spiro atoms. The van der Waals surface area contributed by atoms with E-state index < -0.39 is 15.9 Å². The molecule has 0 saturated carbocycles. The van der Waals surface area contributed by atoms with Crippen LogP contribution in [0.1, 0.15) is 26.8 Å². The van der Waals surface area contributed by atoms with E-state index in [-0.39, 0.29) is 16.1 Å². The average Bonchev–Trinajstić information content (AvgIpc) is 3.23. The average molecular weight is 465 g/mol. The number of H-pyrrole nitrogens is 1. The molecule has 0 atom stereocenters. The summed E-state index contributed by atoms with van der Waals surface area (Å²) in [5.74, 6) is -0.104. The summed E-state index contributed by atoms with van der Waals surface area (Å²) in [7, 11) is -2.14. The summed E-state index contributed by atoms with van der Waals surface area (Å²) in [4.78, 5) is 35.3. The Bertz CT molecular complexity index is 1330. The normalized spacial score (nSPS) is 16.2. The van der Waals surface area contributed by atoms with E-state index >= 15 is 0 Å². The number of rotatable bonds is 5. The lowest BCUT2D eigenvalue weighted by atomic mass is 10.2. The number of nitrogens with one attached hydrogen (secondary N) is 1. The number of sulfonamides is 1. The van der Waals surface area contributed by atoms with Gasteiger partial charge in [-0.25, -0.2) is 13.4 Å². The summed E-state index contributed by atoms with van der Waals surface area (Å²) >= 11 is 1.50. The molecule has 3 aromatic rings. The first-order valence-electron chi connectivity index (χ1n) is 9.75. The monoisotopic (exact) mass is 464 g/mol. The van der Waals surface area contributed by atoms with Crippen molar-refractivity contribution < 1.29 is 13.2 Å². The number of carbonyl (C=O) groups excluding carboxylic acids is 1. The van der Waals surface area contributed by atoms with Crippen molar-refractivity contribution in [2.24, 2.45) is 12.8 Å². The number of aryl methyl sites for hydroxylation is 3. The topological polar surface area (TPSA) is 134 Å². The zero-order chi connectivity index (χ0) is 22.5. The number of aromatic amines is 1. The van der Waals surface area contributed by atoms with E-state index in [0.717, 1.165) is 15.3 Å². The molecule has 3 N–H and O–H groups in total. The molecular weight excluding hydrogens is 440 g/mol. The molecule has 1 aliphatic heterocycles. The van der Waals surface area contributed by atoms with Gasteiger partial charge in [-0.3, -0.25) is 14.5 Å². The molecular formula is C19H24N6O4S2. The van der Waals surface area contributed by atoms with Crippen molar-refractivity contribution in [3.63, 3.8) is 0 Å². The third-order valence-corrected chi connectivity index (χ3v) is 8.63. The number of amides is 1. The van der Waals surface area contributed by atoms with E-state index in [9.17, 15) is 18.0 Å². The van der Waals surface area contributed by atoms with Gasteiger partial charge in [0.05, 0.1) is 11.9 Å². The molecule has 12 heteroatoms. The number of aromatic nitrogens is 3. The van der Waals surface area contributed by atoms with Gasteiger partial charge >= 0.3 is 0 Å². The van der Waals surface area contributed by atoms with Crippen molar-refractivity contribution in [1.29, 1.82) is 0 Å². The highest BCUT2D eigenvalue weighted by molar-refractivity contribution is 7.89. The predicted octanol–water partition coefficient (Wildman–Crippen LogP) is 0.545. The van der Waals surface area contributed by atoms with Crippen molar-refractivity contribution in [2.45, 2.75) is 25.3 Å². The third-order valence-electron chi connectivity index (χ3n) is 5.66. The molecule has 0 bridgehead atoms. The Kier molecular flexibility index (Phi) is 5.50. The second-order valence-electron chi connectivity index (χ2n) is 7.69. The Balaban J connectivity index is 1.46. The molecule has 4 heterocycles. The third kappa shape index (κ3) is 3.91. The van der Waals surface area contributed by atoms with Gasteiger partial charge in [0.1, 0.15) is 21.2 Å². The quantitative estimate of drug-likeness (QED) is 0.566. The number of piperazine rings is 1. The molecule has 1 fully saturated rings. The molecule has 31 heavy (non-hydrogen) atoms. The highest BCUT2D eigenvalue weighted by Gasteiger charge is 2.30. The Morgan fingerprint density at radius 3 is 2.55 bits per heavy atom. The smallest absolute Gasteiger partial charge is 0.265 e. The number of hydrogen-bond donors (Lipinski definition) is 2. The zero-order valence-corrected chi connectivity index (χ0v) is 19.1. The molecule has 166 valence electrons. The second kappa shape index (κ2) is 7.86. The molecule has 10 nitrogen and oxygen atoms in total. The maximum Gasteiger partial charge on any atom is 0.265 e. The van der Waals surface area contributed by atoms with E-state index in [4.69, 9.17) is 5.73 Å². The molecule has 1 saturated heterocycles. The summed E-state index contributed by atoms with van der Waals surface area (Å²) < 4.78 is 28.7. The zero-order valence-electron chi connectivity index (χ0n) is 17.5. The van der Waals surface area contributed by atoms with Crippen LogP contribution >= 0.6 is 11.3 Å². The van der Waals surface area contributed by atoms with Gasteiger partial charge in [0, 0.05) is 44.3 Å². The number of thiophene rings is 1. The van der Waals surface area contributed by atoms with Crippen LogP contribution in [-0.4, -0.2) is 64.2 Å². The Morgan fingerprint density at radius 2 is 1.94 bits per heavy atom. The first-order valence-corrected chi connectivity index (χ1v) is 12.0. The van der Waals surface area contributed by atoms with Crippen LogP contribution < -0.4 is 11.3 Å². The van der Waals surface area contributed by atoms with Crippen LogP contribution in [0.5, 0.6) is 0 Å². The van der Waals surface area contributed by atoms with Gasteiger partial charge in [-0.2, -0.15) is 4.31 Å². The van der Waals surface area contributed by atoms with Crippen molar-refractivity contribution >= 4 is 37.5 Å². The molecule has 1 amide bonds. The summed E-state index contributed by atoms with van der Waals surface area (Å²) in [6.07, 6.45) is 1.40. The molecule has 0 aliphatic carbocycles.